The first kappa shape index (κ1) is 18.3. The zero-order valence-electron chi connectivity index (χ0n) is 16.6. The average Bonchev–Trinajstić information content (AvgIpc) is 3.39. The highest BCUT2D eigenvalue weighted by molar-refractivity contribution is 7.17. The summed E-state index contributed by atoms with van der Waals surface area (Å²) in [7, 11) is 2.13. The largest absolute Gasteiger partial charge is 0.464 e. The van der Waals surface area contributed by atoms with Crippen molar-refractivity contribution in [3.63, 3.8) is 0 Å². The number of aromatic nitrogens is 2. The minimum atomic E-state index is 0.0350. The summed E-state index contributed by atoms with van der Waals surface area (Å²) in [5, 5.41) is 2.65. The van der Waals surface area contributed by atoms with Gasteiger partial charge in [-0.3, -0.25) is 9.36 Å². The molecule has 4 heterocycles. The maximum absolute atomic E-state index is 13.8. The van der Waals surface area contributed by atoms with E-state index in [2.05, 4.69) is 43.1 Å². The van der Waals surface area contributed by atoms with Crippen LogP contribution in [0.5, 0.6) is 0 Å². The zero-order chi connectivity index (χ0) is 20.0. The van der Waals surface area contributed by atoms with Gasteiger partial charge in [-0.05, 0) is 52.0 Å². The summed E-state index contributed by atoms with van der Waals surface area (Å²) in [6.07, 6.45) is 3.54. The van der Waals surface area contributed by atoms with Gasteiger partial charge in [0.2, 0.25) is 0 Å². The Morgan fingerprint density at radius 2 is 1.90 bits per heavy atom. The topological polar surface area (TPSA) is 51.3 Å². The van der Waals surface area contributed by atoms with Crippen molar-refractivity contribution in [3.8, 4) is 22.7 Å². The van der Waals surface area contributed by atoms with Crippen molar-refractivity contribution in [2.75, 3.05) is 20.1 Å². The second-order valence-corrected chi connectivity index (χ2v) is 8.68. The van der Waals surface area contributed by atoms with Gasteiger partial charge in [0.25, 0.3) is 5.56 Å². The van der Waals surface area contributed by atoms with Crippen LogP contribution < -0.4 is 5.56 Å². The monoisotopic (exact) mass is 405 g/mol. The highest BCUT2D eigenvalue weighted by Gasteiger charge is 2.26. The lowest BCUT2D eigenvalue weighted by Crippen LogP contribution is -2.36. The van der Waals surface area contributed by atoms with Gasteiger partial charge < -0.3 is 9.32 Å². The molecule has 0 aliphatic carbocycles. The molecule has 6 heteroatoms. The fourth-order valence-corrected chi connectivity index (χ4v) is 5.03. The number of likely N-dealkylation sites (tertiary alicyclic amines) is 1. The smallest absolute Gasteiger partial charge is 0.263 e. The molecule has 1 aliphatic rings. The Kier molecular flexibility index (Phi) is 4.60. The van der Waals surface area contributed by atoms with E-state index in [0.717, 1.165) is 47.7 Å². The maximum Gasteiger partial charge on any atom is 0.263 e. The van der Waals surface area contributed by atoms with Crippen LogP contribution in [0.15, 0.2) is 57.3 Å². The summed E-state index contributed by atoms with van der Waals surface area (Å²) in [5.41, 5.74) is 3.05. The van der Waals surface area contributed by atoms with Crippen molar-refractivity contribution < 1.29 is 4.42 Å². The molecule has 0 bridgehead atoms. The summed E-state index contributed by atoms with van der Waals surface area (Å²) in [4.78, 5) is 21.9. The van der Waals surface area contributed by atoms with E-state index in [-0.39, 0.29) is 11.6 Å². The van der Waals surface area contributed by atoms with Gasteiger partial charge in [0.05, 0.1) is 11.6 Å². The Hall–Kier alpha value is -2.70. The van der Waals surface area contributed by atoms with Gasteiger partial charge in [-0.15, -0.1) is 11.3 Å². The lowest BCUT2D eigenvalue weighted by atomic mass is 10.0. The first-order valence-electron chi connectivity index (χ1n) is 9.95. The maximum atomic E-state index is 13.8. The minimum absolute atomic E-state index is 0.0350. The van der Waals surface area contributed by atoms with E-state index in [0.29, 0.717) is 11.1 Å². The summed E-state index contributed by atoms with van der Waals surface area (Å²) < 4.78 is 7.54. The fraction of sp³-hybridized carbons (Fsp3) is 0.304. The molecule has 1 aromatic carbocycles. The van der Waals surface area contributed by atoms with Gasteiger partial charge in [0.15, 0.2) is 0 Å². The molecule has 0 radical (unpaired) electrons. The van der Waals surface area contributed by atoms with Gasteiger partial charge in [0.1, 0.15) is 16.4 Å². The van der Waals surface area contributed by atoms with Gasteiger partial charge >= 0.3 is 0 Å². The number of hydrogen-bond acceptors (Lipinski definition) is 5. The highest BCUT2D eigenvalue weighted by Crippen LogP contribution is 2.34. The summed E-state index contributed by atoms with van der Waals surface area (Å²) >= 11 is 1.50. The molecule has 1 aliphatic heterocycles. The van der Waals surface area contributed by atoms with Crippen molar-refractivity contribution in [1.29, 1.82) is 0 Å². The number of rotatable bonds is 3. The van der Waals surface area contributed by atoms with Crippen LogP contribution in [-0.4, -0.2) is 34.6 Å². The van der Waals surface area contributed by atoms with E-state index in [1.54, 1.807) is 6.26 Å². The Morgan fingerprint density at radius 3 is 2.59 bits per heavy atom. The number of furan rings is 1. The molecule has 0 spiro atoms. The average molecular weight is 406 g/mol. The molecule has 0 saturated carbocycles. The van der Waals surface area contributed by atoms with Crippen LogP contribution in [0, 0.1) is 6.92 Å². The number of piperidine rings is 1. The van der Waals surface area contributed by atoms with E-state index in [1.165, 1.54) is 16.9 Å². The number of hydrogen-bond donors (Lipinski definition) is 0. The number of nitrogens with zero attached hydrogens (tertiary/aromatic N) is 3. The van der Waals surface area contributed by atoms with E-state index in [4.69, 9.17) is 9.40 Å². The molecule has 4 aromatic rings. The molecule has 1 saturated heterocycles. The van der Waals surface area contributed by atoms with Gasteiger partial charge in [-0.1, -0.05) is 29.8 Å². The van der Waals surface area contributed by atoms with Crippen molar-refractivity contribution in [1.82, 2.24) is 14.5 Å². The van der Waals surface area contributed by atoms with Gasteiger partial charge in [0, 0.05) is 22.5 Å². The lowest BCUT2D eigenvalue weighted by Gasteiger charge is -2.31. The number of fused-ring (bicyclic) bond motifs is 1. The van der Waals surface area contributed by atoms with E-state index >= 15 is 0 Å². The van der Waals surface area contributed by atoms with Crippen molar-refractivity contribution >= 4 is 21.6 Å². The molecular weight excluding hydrogens is 382 g/mol. The van der Waals surface area contributed by atoms with Crippen LogP contribution in [0.25, 0.3) is 32.9 Å². The molecule has 0 amide bonds. The third-order valence-corrected chi connectivity index (χ3v) is 6.66. The first-order valence-corrected chi connectivity index (χ1v) is 10.8. The summed E-state index contributed by atoms with van der Waals surface area (Å²) in [5.74, 6) is 1.48. The third kappa shape index (κ3) is 3.22. The summed E-state index contributed by atoms with van der Waals surface area (Å²) in [6, 6.07) is 12.2. The minimum Gasteiger partial charge on any atom is -0.464 e. The zero-order valence-corrected chi connectivity index (χ0v) is 17.4. The third-order valence-electron chi connectivity index (χ3n) is 5.79. The SMILES string of the molecule is Cc1ccc(-c2nc3scc(-c4ccco4)c3c(=O)n2C2CCN(C)CC2)cc1. The predicted octanol–water partition coefficient (Wildman–Crippen LogP) is 4.96. The Bertz CT molecular complexity index is 1200. The van der Waals surface area contributed by atoms with Crippen LogP contribution >= 0.6 is 11.3 Å². The van der Waals surface area contributed by atoms with Crippen LogP contribution in [0.2, 0.25) is 0 Å². The second kappa shape index (κ2) is 7.28. The van der Waals surface area contributed by atoms with Crippen molar-refractivity contribution in [2.45, 2.75) is 25.8 Å². The molecule has 0 N–H and O–H groups in total. The van der Waals surface area contributed by atoms with E-state index < -0.39 is 0 Å². The molecule has 5 nitrogen and oxygen atoms in total. The first-order chi connectivity index (χ1) is 14.1. The molecule has 1 fully saturated rings. The molecule has 29 heavy (non-hydrogen) atoms. The van der Waals surface area contributed by atoms with Crippen LogP contribution in [-0.2, 0) is 0 Å². The molecule has 5 rings (SSSR count). The quantitative estimate of drug-likeness (QED) is 0.483. The fourth-order valence-electron chi connectivity index (χ4n) is 4.11. The molecule has 148 valence electrons. The highest BCUT2D eigenvalue weighted by atomic mass is 32.1. The Balaban J connectivity index is 1.76. The Labute approximate surface area is 173 Å². The number of thiophene rings is 1. The molecule has 0 atom stereocenters. The van der Waals surface area contributed by atoms with Gasteiger partial charge in [-0.25, -0.2) is 4.98 Å². The Morgan fingerprint density at radius 1 is 1.14 bits per heavy atom. The normalized spacial score (nSPS) is 15.9. The van der Waals surface area contributed by atoms with Crippen LogP contribution in [0.1, 0.15) is 24.4 Å². The van der Waals surface area contributed by atoms with Crippen LogP contribution in [0.4, 0.5) is 0 Å². The molecule has 0 unspecified atom stereocenters. The lowest BCUT2D eigenvalue weighted by molar-refractivity contribution is 0.219. The number of aryl methyl sites for hydroxylation is 1. The summed E-state index contributed by atoms with van der Waals surface area (Å²) in [6.45, 7) is 4.04. The van der Waals surface area contributed by atoms with Crippen molar-refractivity contribution in [3.05, 3.63) is 64.0 Å². The number of benzene rings is 1. The van der Waals surface area contributed by atoms with Gasteiger partial charge in [-0.2, -0.15) is 0 Å². The second-order valence-electron chi connectivity index (χ2n) is 7.82. The van der Waals surface area contributed by atoms with E-state index in [1.807, 2.05) is 22.1 Å². The predicted molar refractivity (Wildman–Crippen MR) is 118 cm³/mol. The molecule has 3 aromatic heterocycles. The van der Waals surface area contributed by atoms with E-state index in [9.17, 15) is 4.79 Å². The molecular formula is C23H23N3O2S. The standard InChI is InChI=1S/C23H23N3O2S/c1-15-5-7-16(8-6-15)21-24-22-20(18(14-29-22)19-4-3-13-28-19)23(27)26(21)17-9-11-25(2)12-10-17/h3-8,13-14,17H,9-12H2,1-2H3. The van der Waals surface area contributed by atoms with Crippen molar-refractivity contribution in [2.24, 2.45) is 0 Å². The van der Waals surface area contributed by atoms with Crippen LogP contribution in [0.3, 0.4) is 0 Å².